The number of nitrogens with one attached hydrogen (secondary N) is 3. The van der Waals surface area contributed by atoms with Gasteiger partial charge in [0.1, 0.15) is 6.04 Å². The van der Waals surface area contributed by atoms with E-state index in [2.05, 4.69) is 16.0 Å². The van der Waals surface area contributed by atoms with Gasteiger partial charge in [0.25, 0.3) is 11.8 Å². The summed E-state index contributed by atoms with van der Waals surface area (Å²) in [5.74, 6) is -4.14. The zero-order chi connectivity index (χ0) is 25.1. The van der Waals surface area contributed by atoms with Crippen LogP contribution in [0.4, 0.5) is 4.79 Å². The molecule has 0 spiro atoms. The highest BCUT2D eigenvalue weighted by Gasteiger charge is 2.29. The van der Waals surface area contributed by atoms with E-state index in [9.17, 15) is 33.6 Å². The Bertz CT molecular complexity index is 821. The third-order valence-electron chi connectivity index (χ3n) is 4.72. The number of hydrogen-bond acceptors (Lipinski definition) is 7. The highest BCUT2D eigenvalue weighted by molar-refractivity contribution is 6.13. The van der Waals surface area contributed by atoms with Crippen molar-refractivity contribution >= 4 is 41.4 Å². The number of rotatable bonds is 14. The topological polar surface area (TPSA) is 211 Å². The van der Waals surface area contributed by atoms with E-state index in [1.807, 2.05) is 0 Å². The highest BCUT2D eigenvalue weighted by atomic mass is 16.2. The molecule has 1 rings (SSSR count). The summed E-state index contributed by atoms with van der Waals surface area (Å²) in [6, 6.07) is -3.00. The minimum atomic E-state index is -1.36. The van der Waals surface area contributed by atoms with Crippen molar-refractivity contribution in [2.75, 3.05) is 13.1 Å². The molecule has 0 unspecified atom stereocenters. The standard InChI is InChI=1S/C20H30N6O7/c1-11(2)18(31)12(4-3-8-23-20(22)33)25-19(32)13(10-14(21)27)24-15(28)7-9-26-16(29)5-6-17(26)30/h5-6,11-13H,3-4,7-10H2,1-2H3,(H2,21,27)(H,24,28)(H,25,32)(H3,22,23,33)/t12-,13-/m0/s1. The molecular formula is C20H30N6O7. The summed E-state index contributed by atoms with van der Waals surface area (Å²) in [4.78, 5) is 83.7. The summed E-state index contributed by atoms with van der Waals surface area (Å²) in [7, 11) is 0. The molecule has 2 atom stereocenters. The van der Waals surface area contributed by atoms with Gasteiger partial charge in [-0.2, -0.15) is 0 Å². The lowest BCUT2D eigenvalue weighted by Gasteiger charge is -2.24. The van der Waals surface area contributed by atoms with Crippen LogP contribution >= 0.6 is 0 Å². The maximum atomic E-state index is 12.8. The molecule has 0 saturated heterocycles. The smallest absolute Gasteiger partial charge is 0.312 e. The fourth-order valence-corrected chi connectivity index (χ4v) is 3.02. The Morgan fingerprint density at radius 3 is 2.09 bits per heavy atom. The van der Waals surface area contributed by atoms with E-state index in [1.165, 1.54) is 0 Å². The van der Waals surface area contributed by atoms with Crippen LogP contribution in [-0.4, -0.2) is 71.4 Å². The summed E-state index contributed by atoms with van der Waals surface area (Å²) in [5, 5.41) is 7.26. The van der Waals surface area contributed by atoms with Crippen LogP contribution in [0.15, 0.2) is 12.2 Å². The zero-order valence-electron chi connectivity index (χ0n) is 18.6. The Labute approximate surface area is 190 Å². The lowest BCUT2D eigenvalue weighted by atomic mass is 9.97. The number of amides is 7. The Morgan fingerprint density at radius 2 is 1.58 bits per heavy atom. The van der Waals surface area contributed by atoms with Crippen molar-refractivity contribution in [3.8, 4) is 0 Å². The first-order chi connectivity index (χ1) is 15.4. The third kappa shape index (κ3) is 9.49. The van der Waals surface area contributed by atoms with Gasteiger partial charge in [-0.05, 0) is 12.8 Å². The van der Waals surface area contributed by atoms with Crippen molar-refractivity contribution < 1.29 is 33.6 Å². The molecule has 7 N–H and O–H groups in total. The van der Waals surface area contributed by atoms with Gasteiger partial charge in [-0.25, -0.2) is 4.79 Å². The van der Waals surface area contributed by atoms with Crippen molar-refractivity contribution in [3.63, 3.8) is 0 Å². The molecule has 0 bridgehead atoms. The van der Waals surface area contributed by atoms with Gasteiger partial charge in [0.15, 0.2) is 5.78 Å². The van der Waals surface area contributed by atoms with E-state index in [1.54, 1.807) is 13.8 Å². The number of nitrogens with two attached hydrogens (primary N) is 2. The quantitative estimate of drug-likeness (QED) is 0.141. The predicted molar refractivity (Wildman–Crippen MR) is 115 cm³/mol. The number of carbonyl (C=O) groups excluding carboxylic acids is 7. The van der Waals surface area contributed by atoms with Gasteiger partial charge in [-0.1, -0.05) is 13.8 Å². The fraction of sp³-hybridized carbons (Fsp3) is 0.550. The Kier molecular flexibility index (Phi) is 10.7. The summed E-state index contributed by atoms with van der Waals surface area (Å²) in [6.45, 7) is 3.29. The molecule has 182 valence electrons. The van der Waals surface area contributed by atoms with Gasteiger partial charge < -0.3 is 27.4 Å². The average Bonchev–Trinajstić information content (AvgIpc) is 3.04. The maximum absolute atomic E-state index is 12.8. The van der Waals surface area contributed by atoms with E-state index in [0.29, 0.717) is 6.42 Å². The zero-order valence-corrected chi connectivity index (χ0v) is 18.6. The van der Waals surface area contributed by atoms with E-state index in [-0.39, 0.29) is 31.7 Å². The van der Waals surface area contributed by atoms with Gasteiger partial charge in [0.2, 0.25) is 17.7 Å². The number of ketones is 1. The summed E-state index contributed by atoms with van der Waals surface area (Å²) < 4.78 is 0. The second kappa shape index (κ2) is 12.9. The normalized spacial score (nSPS) is 14.7. The van der Waals surface area contributed by atoms with Crippen LogP contribution in [0.25, 0.3) is 0 Å². The van der Waals surface area contributed by atoms with E-state index in [0.717, 1.165) is 17.1 Å². The molecular weight excluding hydrogens is 436 g/mol. The van der Waals surface area contributed by atoms with Gasteiger partial charge in [0, 0.05) is 37.6 Å². The molecule has 0 aromatic carbocycles. The Hall–Kier alpha value is -3.77. The number of urea groups is 1. The largest absolute Gasteiger partial charge is 0.370 e. The van der Waals surface area contributed by atoms with Gasteiger partial charge in [-0.15, -0.1) is 0 Å². The van der Waals surface area contributed by atoms with Crippen LogP contribution in [0.5, 0.6) is 0 Å². The number of hydrogen-bond donors (Lipinski definition) is 5. The first-order valence-electron chi connectivity index (χ1n) is 10.4. The molecule has 0 saturated carbocycles. The molecule has 13 heteroatoms. The van der Waals surface area contributed by atoms with E-state index in [4.69, 9.17) is 11.5 Å². The average molecular weight is 466 g/mol. The third-order valence-corrected chi connectivity index (χ3v) is 4.72. The molecule has 7 amide bonds. The van der Waals surface area contributed by atoms with Gasteiger partial charge in [0.05, 0.1) is 12.5 Å². The summed E-state index contributed by atoms with van der Waals surface area (Å²) >= 11 is 0. The second-order valence-corrected chi connectivity index (χ2v) is 7.75. The van der Waals surface area contributed by atoms with Crippen molar-refractivity contribution in [1.82, 2.24) is 20.9 Å². The van der Waals surface area contributed by atoms with Crippen LogP contribution < -0.4 is 27.4 Å². The molecule has 0 aliphatic carbocycles. The fourth-order valence-electron chi connectivity index (χ4n) is 3.02. The molecule has 33 heavy (non-hydrogen) atoms. The van der Waals surface area contributed by atoms with Crippen molar-refractivity contribution in [2.45, 2.75) is 51.6 Å². The van der Waals surface area contributed by atoms with Crippen molar-refractivity contribution in [2.24, 2.45) is 17.4 Å². The molecule has 0 aromatic rings. The number of carbonyl (C=O) groups is 7. The minimum absolute atomic E-state index is 0.187. The molecule has 13 nitrogen and oxygen atoms in total. The SMILES string of the molecule is CC(C)C(=O)[C@H](CCCNC(N)=O)NC(=O)[C@H](CC(N)=O)NC(=O)CCN1C(=O)C=CC1=O. The molecule has 1 aliphatic rings. The minimum Gasteiger partial charge on any atom is -0.370 e. The van der Waals surface area contributed by atoms with E-state index >= 15 is 0 Å². The number of nitrogens with zero attached hydrogens (tertiary/aromatic N) is 1. The van der Waals surface area contributed by atoms with Crippen LogP contribution in [0.1, 0.15) is 39.5 Å². The van der Waals surface area contributed by atoms with Crippen LogP contribution in [0.3, 0.4) is 0 Å². The molecule has 1 heterocycles. The van der Waals surface area contributed by atoms with Crippen LogP contribution in [0.2, 0.25) is 0 Å². The van der Waals surface area contributed by atoms with Crippen LogP contribution in [0, 0.1) is 5.92 Å². The number of Topliss-reactive ketones (excluding diaryl/α,β-unsaturated/α-hetero) is 1. The first kappa shape index (κ1) is 27.3. The first-order valence-corrected chi connectivity index (χ1v) is 10.4. The summed E-state index contributed by atoms with van der Waals surface area (Å²) in [5.41, 5.74) is 10.2. The second-order valence-electron chi connectivity index (χ2n) is 7.75. The van der Waals surface area contributed by atoms with Crippen LogP contribution in [-0.2, 0) is 28.8 Å². The monoisotopic (exact) mass is 466 g/mol. The Balaban J connectivity index is 2.76. The molecule has 0 radical (unpaired) electrons. The Morgan fingerprint density at radius 1 is 0.970 bits per heavy atom. The van der Waals surface area contributed by atoms with Crippen molar-refractivity contribution in [1.29, 1.82) is 0 Å². The molecule has 0 fully saturated rings. The van der Waals surface area contributed by atoms with Gasteiger partial charge >= 0.3 is 6.03 Å². The van der Waals surface area contributed by atoms with E-state index < -0.39 is 60.0 Å². The number of primary amides is 2. The summed E-state index contributed by atoms with van der Waals surface area (Å²) in [6.07, 6.45) is 1.86. The molecule has 0 aromatic heterocycles. The predicted octanol–water partition coefficient (Wildman–Crippen LogP) is -2.18. The van der Waals surface area contributed by atoms with Gasteiger partial charge in [-0.3, -0.25) is 33.7 Å². The number of imide groups is 1. The highest BCUT2D eigenvalue weighted by Crippen LogP contribution is 2.08. The molecule has 1 aliphatic heterocycles. The maximum Gasteiger partial charge on any atom is 0.312 e. The lowest BCUT2D eigenvalue weighted by Crippen LogP contribution is -2.53. The lowest BCUT2D eigenvalue weighted by molar-refractivity contribution is -0.137. The van der Waals surface area contributed by atoms with Crippen molar-refractivity contribution in [3.05, 3.63) is 12.2 Å².